The highest BCUT2D eigenvalue weighted by molar-refractivity contribution is 5.88. The molecule has 0 radical (unpaired) electrons. The van der Waals surface area contributed by atoms with E-state index in [9.17, 15) is 30.4 Å². The number of carbonyl (C=O) groups is 1. The maximum atomic E-state index is 14.3. The van der Waals surface area contributed by atoms with Gasteiger partial charge in [0.25, 0.3) is 0 Å². The largest absolute Gasteiger partial charge is 0.459 e. The van der Waals surface area contributed by atoms with Crippen molar-refractivity contribution in [1.29, 1.82) is 0 Å². The number of rotatable bonds is 8. The van der Waals surface area contributed by atoms with Crippen LogP contribution in [0.25, 0.3) is 0 Å². The van der Waals surface area contributed by atoms with Crippen molar-refractivity contribution in [2.45, 2.75) is 186 Å². The molecule has 0 saturated carbocycles. The van der Waals surface area contributed by atoms with E-state index in [4.69, 9.17) is 33.2 Å². The summed E-state index contributed by atoms with van der Waals surface area (Å²) < 4.78 is 44.6. The van der Waals surface area contributed by atoms with Crippen molar-refractivity contribution < 1.29 is 63.6 Å². The van der Waals surface area contributed by atoms with Gasteiger partial charge in [-0.3, -0.25) is 4.79 Å². The van der Waals surface area contributed by atoms with Gasteiger partial charge in [0, 0.05) is 44.4 Å². The lowest BCUT2D eigenvalue weighted by atomic mass is 9.73. The first-order valence-electron chi connectivity index (χ1n) is 19.5. The molecule has 316 valence electrons. The van der Waals surface area contributed by atoms with Gasteiger partial charge in [0.2, 0.25) is 0 Å². The number of hydrogen-bond acceptors (Lipinski definition) is 15. The zero-order chi connectivity index (χ0) is 41.3. The normalized spacial score (nSPS) is 49.8. The van der Waals surface area contributed by atoms with Crippen LogP contribution < -0.4 is 0 Å². The second kappa shape index (κ2) is 18.0. The third-order valence-electron chi connectivity index (χ3n) is 12.7. The van der Waals surface area contributed by atoms with Crippen molar-refractivity contribution in [3.63, 3.8) is 0 Å². The Balaban J connectivity index is 2.29. The van der Waals surface area contributed by atoms with Crippen molar-refractivity contribution in [2.75, 3.05) is 28.3 Å². The van der Waals surface area contributed by atoms with E-state index in [-0.39, 0.29) is 37.1 Å². The van der Waals surface area contributed by atoms with Gasteiger partial charge in [0.1, 0.15) is 23.9 Å². The minimum Gasteiger partial charge on any atom is -0.459 e. The number of hydrogen-bond donors (Lipinski definition) is 5. The van der Waals surface area contributed by atoms with E-state index in [1.54, 1.807) is 41.5 Å². The summed E-state index contributed by atoms with van der Waals surface area (Å²) in [5.74, 6) is -5.28. The van der Waals surface area contributed by atoms with Gasteiger partial charge in [-0.15, -0.1) is 0 Å². The zero-order valence-corrected chi connectivity index (χ0v) is 35.3. The summed E-state index contributed by atoms with van der Waals surface area (Å²) in [6.45, 7) is 19.1. The molecule has 0 bridgehead atoms. The van der Waals surface area contributed by atoms with Gasteiger partial charge >= 0.3 is 5.97 Å². The second-order valence-electron chi connectivity index (χ2n) is 17.4. The fraction of sp³-hybridized carbons (Fsp3) is 0.949. The van der Waals surface area contributed by atoms with E-state index in [2.05, 4.69) is 5.16 Å². The highest BCUT2D eigenvalue weighted by Gasteiger charge is 2.56. The molecule has 3 heterocycles. The average molecular weight is 777 g/mol. The topological polar surface area (TPSA) is 198 Å². The lowest BCUT2D eigenvalue weighted by molar-refractivity contribution is -0.356. The Morgan fingerprint density at radius 1 is 0.926 bits per heavy atom. The predicted octanol–water partition coefficient (Wildman–Crippen LogP) is 3.09. The van der Waals surface area contributed by atoms with Crippen LogP contribution in [-0.4, -0.2) is 154 Å². The van der Waals surface area contributed by atoms with E-state index >= 15 is 0 Å². The average Bonchev–Trinajstić information content (AvgIpc) is 3.10. The lowest BCUT2D eigenvalue weighted by Gasteiger charge is -2.52. The standard InChI is InChI=1S/C39H72N2O13/c1-16-27-39(11,46)31(43)22(4)28(40-47)20(2)18-36(8,48-14)33(52-35-29(42)26(41(12)13)17-21(3)50-35)23(5)30(24(6)34(45)51-27)54-38(10)19-37(9,49-15)32(44)25(7)53-38/h20-27,29-33,35,42-44,46-47H,16-19H2,1-15H3/b40-28+/t20-,21-,22+,23+,24-,25+,26+,27-,29-,30+,31-,32+,33-,35+,36-,37-,38+,39-/m1/s1. The number of ether oxygens (including phenoxy) is 7. The Kier molecular flexibility index (Phi) is 15.6. The van der Waals surface area contributed by atoms with Crippen LogP contribution in [-0.2, 0) is 38.0 Å². The molecule has 3 saturated heterocycles. The Morgan fingerprint density at radius 2 is 1.52 bits per heavy atom. The van der Waals surface area contributed by atoms with Gasteiger partial charge in [-0.25, -0.2) is 0 Å². The molecule has 0 aromatic carbocycles. The van der Waals surface area contributed by atoms with E-state index in [0.29, 0.717) is 6.42 Å². The van der Waals surface area contributed by atoms with Crippen LogP contribution in [0.5, 0.6) is 0 Å². The number of carbonyl (C=O) groups excluding carboxylic acids is 1. The van der Waals surface area contributed by atoms with Gasteiger partial charge in [-0.2, -0.15) is 0 Å². The van der Waals surface area contributed by atoms with Crippen LogP contribution in [0.2, 0.25) is 0 Å². The summed E-state index contributed by atoms with van der Waals surface area (Å²) in [7, 11) is 6.80. The summed E-state index contributed by atoms with van der Waals surface area (Å²) in [6.07, 6.45) is -7.78. The minimum atomic E-state index is -1.94. The number of aliphatic hydroxyl groups is 4. The molecule has 0 amide bonds. The second-order valence-corrected chi connectivity index (χ2v) is 17.4. The number of cyclic esters (lactones) is 1. The molecule has 0 unspecified atom stereocenters. The fourth-order valence-electron chi connectivity index (χ4n) is 9.27. The van der Waals surface area contributed by atoms with Gasteiger partial charge in [0.05, 0.1) is 53.4 Å². The molecule has 0 aromatic heterocycles. The Hall–Kier alpha value is -1.50. The quantitative estimate of drug-likeness (QED) is 0.137. The fourth-order valence-corrected chi connectivity index (χ4v) is 9.27. The molecule has 0 aliphatic carbocycles. The molecule has 5 N–H and O–H groups in total. The first-order chi connectivity index (χ1) is 24.9. The van der Waals surface area contributed by atoms with Crippen molar-refractivity contribution in [2.24, 2.45) is 28.8 Å². The molecular formula is C39H72N2O13. The zero-order valence-electron chi connectivity index (χ0n) is 35.3. The van der Waals surface area contributed by atoms with Gasteiger partial charge < -0.3 is 63.7 Å². The van der Waals surface area contributed by atoms with Crippen LogP contribution in [0, 0.1) is 23.7 Å². The highest BCUT2D eigenvalue weighted by Crippen LogP contribution is 2.44. The van der Waals surface area contributed by atoms with E-state index in [1.165, 1.54) is 21.1 Å². The maximum Gasteiger partial charge on any atom is 0.311 e. The molecular weight excluding hydrogens is 704 g/mol. The first-order valence-corrected chi connectivity index (χ1v) is 19.5. The molecule has 15 heteroatoms. The van der Waals surface area contributed by atoms with Crippen LogP contribution in [0.3, 0.4) is 0 Å². The molecule has 54 heavy (non-hydrogen) atoms. The van der Waals surface area contributed by atoms with E-state index < -0.39 is 101 Å². The van der Waals surface area contributed by atoms with Crippen LogP contribution in [0.15, 0.2) is 5.16 Å². The third-order valence-corrected chi connectivity index (χ3v) is 12.7. The summed E-state index contributed by atoms with van der Waals surface area (Å²) in [4.78, 5) is 16.3. The van der Waals surface area contributed by atoms with Gasteiger partial charge in [-0.05, 0) is 81.8 Å². The number of oxime groups is 1. The summed E-state index contributed by atoms with van der Waals surface area (Å²) in [6, 6.07) is -0.287. The van der Waals surface area contributed by atoms with Crippen molar-refractivity contribution in [3.8, 4) is 0 Å². The molecule has 0 aromatic rings. The molecule has 18 atom stereocenters. The van der Waals surface area contributed by atoms with Gasteiger partial charge in [-0.1, -0.05) is 32.9 Å². The van der Waals surface area contributed by atoms with E-state index in [0.717, 1.165) is 0 Å². The third kappa shape index (κ3) is 9.61. The minimum absolute atomic E-state index is 0.0935. The lowest BCUT2D eigenvalue weighted by Crippen LogP contribution is -2.63. The number of methoxy groups -OCH3 is 2. The monoisotopic (exact) mass is 777 g/mol. The molecule has 3 aliphatic heterocycles. The van der Waals surface area contributed by atoms with Crippen LogP contribution in [0.1, 0.15) is 102 Å². The van der Waals surface area contributed by atoms with Crippen molar-refractivity contribution in [1.82, 2.24) is 4.90 Å². The molecule has 15 nitrogen and oxygen atoms in total. The smallest absolute Gasteiger partial charge is 0.311 e. The van der Waals surface area contributed by atoms with Gasteiger partial charge in [0.15, 0.2) is 12.1 Å². The molecule has 0 spiro atoms. The Bertz CT molecular complexity index is 1270. The molecule has 3 rings (SSSR count). The maximum absolute atomic E-state index is 14.3. The van der Waals surface area contributed by atoms with Crippen LogP contribution in [0.4, 0.5) is 0 Å². The summed E-state index contributed by atoms with van der Waals surface area (Å²) >= 11 is 0. The number of nitrogens with zero attached hydrogens (tertiary/aromatic N) is 2. The Morgan fingerprint density at radius 3 is 2.04 bits per heavy atom. The first kappa shape index (κ1) is 46.9. The van der Waals surface area contributed by atoms with Crippen molar-refractivity contribution >= 4 is 11.7 Å². The van der Waals surface area contributed by atoms with E-state index in [1.807, 2.05) is 46.7 Å². The van der Waals surface area contributed by atoms with Crippen LogP contribution >= 0.6 is 0 Å². The Labute approximate surface area is 322 Å². The SMILES string of the molecule is CC[C@H]1OC(=O)[C@H](C)[C@@H](O[C@@]2(C)C[C@@](C)(OC)[C@@H](O)[C@H](C)O2)[C@H](C)[C@@H](O[C@@H]2O[C@H](C)C[C@H](N(C)C)[C@H]2O)[C@](C)(OC)C[C@@H](C)/C(=N\O)[C@H](C)[C@@H](O)[C@]1(C)O. The highest BCUT2D eigenvalue weighted by atomic mass is 16.7. The molecule has 3 aliphatic rings. The summed E-state index contributed by atoms with van der Waals surface area (Å²) in [5, 5.41) is 60.1. The number of aliphatic hydroxyl groups excluding tert-OH is 3. The number of likely N-dealkylation sites (N-methyl/N-ethyl adjacent to an activating group) is 1. The molecule has 3 fully saturated rings. The van der Waals surface area contributed by atoms with Crippen molar-refractivity contribution in [3.05, 3.63) is 0 Å². The predicted molar refractivity (Wildman–Crippen MR) is 200 cm³/mol. The summed E-state index contributed by atoms with van der Waals surface area (Å²) in [5.41, 5.74) is -4.05. The number of esters is 1.